The number of hydrogen-bond acceptors (Lipinski definition) is 2. The smallest absolute Gasteiger partial charge is 0.132 e. The van der Waals surface area contributed by atoms with Crippen LogP contribution >= 0.6 is 11.6 Å². The van der Waals surface area contributed by atoms with Gasteiger partial charge < -0.3 is 5.11 Å². The van der Waals surface area contributed by atoms with Gasteiger partial charge in [-0.05, 0) is 12.8 Å². The Balaban J connectivity index is 2.44. The van der Waals surface area contributed by atoms with E-state index in [2.05, 4.69) is 5.10 Å². The summed E-state index contributed by atoms with van der Waals surface area (Å²) in [6.45, 7) is -0.00148. The van der Waals surface area contributed by atoms with Crippen LogP contribution in [0.3, 0.4) is 0 Å². The van der Waals surface area contributed by atoms with Crippen LogP contribution in [0.4, 0.5) is 0 Å². The Hall–Kier alpha value is -0.540. The zero-order valence-corrected chi connectivity index (χ0v) is 7.67. The fraction of sp³-hybridized carbons (Fsp3) is 0.625. The molecule has 1 aliphatic rings. The first-order valence-electron chi connectivity index (χ1n) is 4.06. The SMILES string of the molecule is Cn1nc(C2CC2)c(CO)c1Cl. The molecule has 4 heteroatoms. The Bertz CT molecular complexity index is 304. The highest BCUT2D eigenvalue weighted by atomic mass is 35.5. The highest BCUT2D eigenvalue weighted by Gasteiger charge is 2.30. The second-order valence-electron chi connectivity index (χ2n) is 3.21. The van der Waals surface area contributed by atoms with Crippen LogP contribution in [0, 0.1) is 0 Å². The van der Waals surface area contributed by atoms with Crippen LogP contribution in [0.1, 0.15) is 30.0 Å². The van der Waals surface area contributed by atoms with E-state index in [1.165, 1.54) is 12.8 Å². The molecule has 0 amide bonds. The number of halogens is 1. The lowest BCUT2D eigenvalue weighted by atomic mass is 10.2. The van der Waals surface area contributed by atoms with Crippen molar-refractivity contribution in [1.29, 1.82) is 0 Å². The van der Waals surface area contributed by atoms with Gasteiger partial charge in [-0.15, -0.1) is 0 Å². The molecule has 0 unspecified atom stereocenters. The lowest BCUT2D eigenvalue weighted by molar-refractivity contribution is 0.280. The van der Waals surface area contributed by atoms with Gasteiger partial charge in [0.05, 0.1) is 12.3 Å². The summed E-state index contributed by atoms with van der Waals surface area (Å²) < 4.78 is 1.63. The molecule has 1 aromatic rings. The summed E-state index contributed by atoms with van der Waals surface area (Å²) in [6.07, 6.45) is 2.36. The Morgan fingerprint density at radius 3 is 2.83 bits per heavy atom. The Labute approximate surface area is 76.0 Å². The lowest BCUT2D eigenvalue weighted by Gasteiger charge is -1.94. The molecule has 1 aromatic heterocycles. The molecule has 0 aromatic carbocycles. The van der Waals surface area contributed by atoms with Gasteiger partial charge in [-0.1, -0.05) is 11.6 Å². The van der Waals surface area contributed by atoms with Crippen LogP contribution < -0.4 is 0 Å². The molecule has 0 aliphatic heterocycles. The Morgan fingerprint density at radius 2 is 2.33 bits per heavy atom. The van der Waals surface area contributed by atoms with E-state index in [4.69, 9.17) is 16.7 Å². The molecule has 1 heterocycles. The lowest BCUT2D eigenvalue weighted by Crippen LogP contribution is -1.90. The van der Waals surface area contributed by atoms with Crippen molar-refractivity contribution in [2.45, 2.75) is 25.4 Å². The number of aliphatic hydroxyl groups is 1. The molecule has 1 aliphatic carbocycles. The van der Waals surface area contributed by atoms with Gasteiger partial charge in [0, 0.05) is 18.5 Å². The number of aryl methyl sites for hydroxylation is 1. The van der Waals surface area contributed by atoms with Crippen molar-refractivity contribution >= 4 is 11.6 Å². The van der Waals surface area contributed by atoms with Crippen molar-refractivity contribution in [1.82, 2.24) is 9.78 Å². The van der Waals surface area contributed by atoms with Crippen LogP contribution in [0.5, 0.6) is 0 Å². The molecular weight excluding hydrogens is 176 g/mol. The van der Waals surface area contributed by atoms with Crippen LogP contribution in [-0.4, -0.2) is 14.9 Å². The fourth-order valence-corrected chi connectivity index (χ4v) is 1.59. The minimum atomic E-state index is -0.00148. The highest BCUT2D eigenvalue weighted by Crippen LogP contribution is 2.42. The summed E-state index contributed by atoms with van der Waals surface area (Å²) in [5, 5.41) is 13.9. The summed E-state index contributed by atoms with van der Waals surface area (Å²) in [5.74, 6) is 0.547. The molecular formula is C8H11ClN2O. The van der Waals surface area contributed by atoms with Crippen LogP contribution in [0.25, 0.3) is 0 Å². The van der Waals surface area contributed by atoms with Crippen molar-refractivity contribution in [3.8, 4) is 0 Å². The van der Waals surface area contributed by atoms with Gasteiger partial charge in [-0.2, -0.15) is 5.10 Å². The summed E-state index contributed by atoms with van der Waals surface area (Å²) >= 11 is 5.93. The number of aliphatic hydroxyl groups excluding tert-OH is 1. The van der Waals surface area contributed by atoms with E-state index in [1.807, 2.05) is 0 Å². The van der Waals surface area contributed by atoms with Crippen molar-refractivity contribution < 1.29 is 5.11 Å². The third-order valence-corrected chi connectivity index (χ3v) is 2.69. The average Bonchev–Trinajstić information content (AvgIpc) is 2.82. The Kier molecular flexibility index (Phi) is 1.85. The number of hydrogen-bond donors (Lipinski definition) is 1. The van der Waals surface area contributed by atoms with E-state index in [1.54, 1.807) is 11.7 Å². The van der Waals surface area contributed by atoms with Crippen LogP contribution in [0.2, 0.25) is 5.15 Å². The molecule has 0 saturated heterocycles. The van der Waals surface area contributed by atoms with Crippen LogP contribution in [0.15, 0.2) is 0 Å². The van der Waals surface area contributed by atoms with E-state index >= 15 is 0 Å². The standard InChI is InChI=1S/C8H11ClN2O/c1-11-8(9)6(4-12)7(10-11)5-2-3-5/h5,12H,2-4H2,1H3. The van der Waals surface area contributed by atoms with Gasteiger partial charge in [-0.25, -0.2) is 0 Å². The maximum atomic E-state index is 9.05. The molecule has 1 saturated carbocycles. The molecule has 3 nitrogen and oxygen atoms in total. The summed E-state index contributed by atoms with van der Waals surface area (Å²) in [6, 6.07) is 0. The molecule has 2 rings (SSSR count). The first-order chi connectivity index (χ1) is 5.74. The van der Waals surface area contributed by atoms with Gasteiger partial charge in [0.25, 0.3) is 0 Å². The highest BCUT2D eigenvalue weighted by molar-refractivity contribution is 6.30. The minimum absolute atomic E-state index is 0.00148. The third-order valence-electron chi connectivity index (χ3n) is 2.22. The maximum Gasteiger partial charge on any atom is 0.132 e. The first-order valence-corrected chi connectivity index (χ1v) is 4.44. The summed E-state index contributed by atoms with van der Waals surface area (Å²) in [4.78, 5) is 0. The maximum absolute atomic E-state index is 9.05. The molecule has 0 bridgehead atoms. The predicted molar refractivity (Wildman–Crippen MR) is 46.1 cm³/mol. The molecule has 0 atom stereocenters. The van der Waals surface area contributed by atoms with Gasteiger partial charge in [0.2, 0.25) is 0 Å². The molecule has 66 valence electrons. The number of rotatable bonds is 2. The predicted octanol–water partition coefficient (Wildman–Crippen LogP) is 1.44. The molecule has 12 heavy (non-hydrogen) atoms. The van der Waals surface area contributed by atoms with E-state index in [9.17, 15) is 0 Å². The van der Waals surface area contributed by atoms with Crippen LogP contribution in [-0.2, 0) is 13.7 Å². The topological polar surface area (TPSA) is 38.0 Å². The average molecular weight is 187 g/mol. The number of aromatic nitrogens is 2. The third kappa shape index (κ3) is 1.13. The van der Waals surface area contributed by atoms with Gasteiger partial charge >= 0.3 is 0 Å². The van der Waals surface area contributed by atoms with E-state index < -0.39 is 0 Å². The number of nitrogens with zero attached hydrogens (tertiary/aromatic N) is 2. The van der Waals surface area contributed by atoms with Crippen molar-refractivity contribution in [3.63, 3.8) is 0 Å². The van der Waals surface area contributed by atoms with Crippen molar-refractivity contribution in [3.05, 3.63) is 16.4 Å². The second kappa shape index (κ2) is 2.75. The minimum Gasteiger partial charge on any atom is -0.391 e. The van der Waals surface area contributed by atoms with Gasteiger partial charge in [0.1, 0.15) is 5.15 Å². The summed E-state index contributed by atoms with van der Waals surface area (Å²) in [5.41, 5.74) is 1.80. The van der Waals surface area contributed by atoms with E-state index in [-0.39, 0.29) is 6.61 Å². The van der Waals surface area contributed by atoms with E-state index in [0.717, 1.165) is 11.3 Å². The van der Waals surface area contributed by atoms with E-state index in [0.29, 0.717) is 11.1 Å². The fourth-order valence-electron chi connectivity index (χ4n) is 1.40. The Morgan fingerprint density at radius 1 is 1.67 bits per heavy atom. The molecule has 0 spiro atoms. The zero-order chi connectivity index (χ0) is 8.72. The molecule has 1 fully saturated rings. The van der Waals surface area contributed by atoms with Gasteiger partial charge in [-0.3, -0.25) is 4.68 Å². The monoisotopic (exact) mass is 186 g/mol. The second-order valence-corrected chi connectivity index (χ2v) is 3.57. The molecule has 1 N–H and O–H groups in total. The quantitative estimate of drug-likeness (QED) is 0.759. The van der Waals surface area contributed by atoms with Crippen molar-refractivity contribution in [2.75, 3.05) is 0 Å². The van der Waals surface area contributed by atoms with Gasteiger partial charge in [0.15, 0.2) is 0 Å². The normalized spacial score (nSPS) is 16.9. The first kappa shape index (κ1) is 8.08. The zero-order valence-electron chi connectivity index (χ0n) is 6.92. The summed E-state index contributed by atoms with van der Waals surface area (Å²) in [7, 11) is 1.80. The largest absolute Gasteiger partial charge is 0.391 e. The van der Waals surface area contributed by atoms with Crippen molar-refractivity contribution in [2.24, 2.45) is 7.05 Å². The molecule has 0 radical (unpaired) electrons.